The van der Waals surface area contributed by atoms with Crippen LogP contribution in [0.4, 0.5) is 0 Å². The van der Waals surface area contributed by atoms with E-state index >= 15 is 0 Å². The molecule has 0 saturated carbocycles. The second-order valence-corrected chi connectivity index (χ2v) is 4.49. The van der Waals surface area contributed by atoms with Gasteiger partial charge in [0, 0.05) is 12.8 Å². The molecule has 0 spiro atoms. The van der Waals surface area contributed by atoms with Crippen molar-refractivity contribution >= 4 is 5.78 Å². The van der Waals surface area contributed by atoms with Gasteiger partial charge in [-0.15, -0.1) is 12.3 Å². The number of carbonyl (C=O) groups excluding carboxylic acids is 1. The van der Waals surface area contributed by atoms with E-state index in [-0.39, 0.29) is 18.3 Å². The van der Waals surface area contributed by atoms with Crippen molar-refractivity contribution in [2.24, 2.45) is 5.73 Å². The van der Waals surface area contributed by atoms with Crippen LogP contribution in [0.2, 0.25) is 0 Å². The Morgan fingerprint density at radius 3 is 3.11 bits per heavy atom. The van der Waals surface area contributed by atoms with Gasteiger partial charge in [0.25, 0.3) is 0 Å². The lowest BCUT2D eigenvalue weighted by molar-refractivity contribution is -0.123. The van der Waals surface area contributed by atoms with Crippen molar-refractivity contribution in [1.82, 2.24) is 0 Å². The van der Waals surface area contributed by atoms with Crippen molar-refractivity contribution < 1.29 is 9.53 Å². The van der Waals surface area contributed by atoms with Crippen LogP contribution in [0.5, 0.6) is 0 Å². The summed E-state index contributed by atoms with van der Waals surface area (Å²) < 4.78 is 5.68. The number of carbonyl (C=O) groups is 1. The number of rotatable bonds is 4. The summed E-state index contributed by atoms with van der Waals surface area (Å²) in [5.74, 6) is 2.39. The molecular formula is C15H17NO2. The number of Topliss-reactive ketones (excluding diaryl/α,β-unsaturated/α-hetero) is 1. The minimum absolute atomic E-state index is 0.0327. The monoisotopic (exact) mass is 243 g/mol. The predicted molar refractivity (Wildman–Crippen MR) is 69.9 cm³/mol. The van der Waals surface area contributed by atoms with Gasteiger partial charge in [-0.2, -0.15) is 0 Å². The molecule has 1 heterocycles. The molecule has 0 fully saturated rings. The topological polar surface area (TPSA) is 52.3 Å². The van der Waals surface area contributed by atoms with Crippen LogP contribution in [-0.2, 0) is 16.0 Å². The molecule has 2 N–H and O–H groups in total. The lowest BCUT2D eigenvalue weighted by Crippen LogP contribution is -2.32. The molecule has 1 aromatic carbocycles. The first-order valence-electron chi connectivity index (χ1n) is 6.13. The lowest BCUT2D eigenvalue weighted by Gasteiger charge is -2.26. The van der Waals surface area contributed by atoms with Crippen LogP contribution in [0.15, 0.2) is 24.3 Å². The van der Waals surface area contributed by atoms with Gasteiger partial charge in [-0.05, 0) is 17.5 Å². The number of nitrogens with two attached hydrogens (primary N) is 1. The molecule has 94 valence electrons. The Labute approximate surface area is 107 Å². The molecule has 3 heteroatoms. The van der Waals surface area contributed by atoms with Gasteiger partial charge < -0.3 is 10.5 Å². The first kappa shape index (κ1) is 12.8. The highest BCUT2D eigenvalue weighted by atomic mass is 16.5. The van der Waals surface area contributed by atoms with Crippen LogP contribution in [-0.4, -0.2) is 18.4 Å². The van der Waals surface area contributed by atoms with Crippen molar-refractivity contribution in [1.29, 1.82) is 0 Å². The Hall–Kier alpha value is -1.63. The highest BCUT2D eigenvalue weighted by Gasteiger charge is 2.25. The van der Waals surface area contributed by atoms with Crippen molar-refractivity contribution in [2.45, 2.75) is 31.4 Å². The van der Waals surface area contributed by atoms with E-state index in [0.29, 0.717) is 13.0 Å². The minimum Gasteiger partial charge on any atom is -0.373 e. The molecular weight excluding hydrogens is 226 g/mol. The zero-order chi connectivity index (χ0) is 13.0. The van der Waals surface area contributed by atoms with Crippen molar-refractivity contribution in [3.05, 3.63) is 35.4 Å². The van der Waals surface area contributed by atoms with Gasteiger partial charge in [0.2, 0.25) is 0 Å². The Kier molecular flexibility index (Phi) is 4.14. The van der Waals surface area contributed by atoms with E-state index in [4.69, 9.17) is 16.9 Å². The van der Waals surface area contributed by atoms with Gasteiger partial charge in [-0.25, -0.2) is 0 Å². The van der Waals surface area contributed by atoms with Crippen LogP contribution >= 0.6 is 0 Å². The number of ether oxygens (including phenoxy) is 1. The Balaban J connectivity index is 2.08. The standard InChI is InChI=1S/C15H17NO2/c1-2-5-13(16)14(17)10-15-12-7-4-3-6-11(12)8-9-18-15/h1,3-4,6-7,13,15H,5,8-10,16H2. The molecule has 0 bridgehead atoms. The normalized spacial score (nSPS) is 19.7. The van der Waals surface area contributed by atoms with Crippen LogP contribution in [0.25, 0.3) is 0 Å². The van der Waals surface area contributed by atoms with Crippen molar-refractivity contribution in [2.75, 3.05) is 6.61 Å². The number of hydrogen-bond acceptors (Lipinski definition) is 3. The van der Waals surface area contributed by atoms with Crippen LogP contribution in [0.1, 0.15) is 30.1 Å². The van der Waals surface area contributed by atoms with Gasteiger partial charge in [-0.1, -0.05) is 24.3 Å². The zero-order valence-corrected chi connectivity index (χ0v) is 10.3. The second kappa shape index (κ2) is 5.81. The number of fused-ring (bicyclic) bond motifs is 1. The minimum atomic E-state index is -0.576. The molecule has 3 nitrogen and oxygen atoms in total. The fourth-order valence-corrected chi connectivity index (χ4v) is 2.22. The summed E-state index contributed by atoms with van der Waals surface area (Å²) in [6.45, 7) is 0.652. The number of ketones is 1. The molecule has 0 radical (unpaired) electrons. The molecule has 1 aliphatic heterocycles. The molecule has 2 unspecified atom stereocenters. The molecule has 0 amide bonds. The third kappa shape index (κ3) is 2.79. The third-order valence-electron chi connectivity index (χ3n) is 3.23. The van der Waals surface area contributed by atoms with Crippen molar-refractivity contribution in [3.8, 4) is 12.3 Å². The molecule has 0 saturated heterocycles. The zero-order valence-electron chi connectivity index (χ0n) is 10.3. The van der Waals surface area contributed by atoms with E-state index in [1.807, 2.05) is 18.2 Å². The highest BCUT2D eigenvalue weighted by molar-refractivity contribution is 5.84. The fraction of sp³-hybridized carbons (Fsp3) is 0.400. The molecule has 2 rings (SSSR count). The smallest absolute Gasteiger partial charge is 0.153 e. The Bertz CT molecular complexity index is 476. The Morgan fingerprint density at radius 2 is 2.33 bits per heavy atom. The van der Waals surface area contributed by atoms with E-state index in [1.165, 1.54) is 5.56 Å². The number of benzene rings is 1. The highest BCUT2D eigenvalue weighted by Crippen LogP contribution is 2.29. The maximum absolute atomic E-state index is 11.9. The van der Waals surface area contributed by atoms with E-state index < -0.39 is 6.04 Å². The molecule has 0 aromatic heterocycles. The quantitative estimate of drug-likeness (QED) is 0.817. The SMILES string of the molecule is C#CCC(N)C(=O)CC1OCCc2ccccc21. The molecule has 2 atom stereocenters. The van der Waals surface area contributed by atoms with E-state index in [1.54, 1.807) is 0 Å². The van der Waals surface area contributed by atoms with Crippen molar-refractivity contribution in [3.63, 3.8) is 0 Å². The van der Waals surface area contributed by atoms with Gasteiger partial charge in [0.1, 0.15) is 0 Å². The Morgan fingerprint density at radius 1 is 1.56 bits per heavy atom. The lowest BCUT2D eigenvalue weighted by atomic mass is 9.93. The number of terminal acetylenes is 1. The average Bonchev–Trinajstić information content (AvgIpc) is 2.39. The van der Waals surface area contributed by atoms with E-state index in [2.05, 4.69) is 12.0 Å². The largest absolute Gasteiger partial charge is 0.373 e. The van der Waals surface area contributed by atoms with Gasteiger partial charge >= 0.3 is 0 Å². The molecule has 0 aliphatic carbocycles. The first-order valence-corrected chi connectivity index (χ1v) is 6.13. The summed E-state index contributed by atoms with van der Waals surface area (Å²) in [6.07, 6.45) is 6.48. The maximum atomic E-state index is 11.9. The molecule has 1 aliphatic rings. The van der Waals surface area contributed by atoms with E-state index in [9.17, 15) is 4.79 Å². The van der Waals surface area contributed by atoms with Gasteiger partial charge in [0.15, 0.2) is 5.78 Å². The van der Waals surface area contributed by atoms with Crippen LogP contribution in [0.3, 0.4) is 0 Å². The van der Waals surface area contributed by atoms with E-state index in [0.717, 1.165) is 12.0 Å². The summed E-state index contributed by atoms with van der Waals surface area (Å²) in [5.41, 5.74) is 8.08. The maximum Gasteiger partial charge on any atom is 0.153 e. The predicted octanol–water partition coefficient (Wildman–Crippen LogP) is 1.61. The summed E-state index contributed by atoms with van der Waals surface area (Å²) >= 11 is 0. The summed E-state index contributed by atoms with van der Waals surface area (Å²) in [4.78, 5) is 11.9. The third-order valence-corrected chi connectivity index (χ3v) is 3.23. The van der Waals surface area contributed by atoms with Gasteiger partial charge in [0.05, 0.1) is 18.8 Å². The number of hydrogen-bond donors (Lipinski definition) is 1. The average molecular weight is 243 g/mol. The summed E-state index contributed by atoms with van der Waals surface area (Å²) in [6, 6.07) is 7.49. The van der Waals surface area contributed by atoms with Crippen LogP contribution in [0, 0.1) is 12.3 Å². The van der Waals surface area contributed by atoms with Crippen LogP contribution < -0.4 is 5.73 Å². The molecule has 18 heavy (non-hydrogen) atoms. The fourth-order valence-electron chi connectivity index (χ4n) is 2.22. The second-order valence-electron chi connectivity index (χ2n) is 4.49. The van der Waals surface area contributed by atoms with Gasteiger partial charge in [-0.3, -0.25) is 4.79 Å². The molecule has 1 aromatic rings. The first-order chi connectivity index (χ1) is 8.72. The summed E-state index contributed by atoms with van der Waals surface area (Å²) in [7, 11) is 0. The summed E-state index contributed by atoms with van der Waals surface area (Å²) in [5, 5.41) is 0.